The van der Waals surface area contributed by atoms with Gasteiger partial charge in [-0.15, -0.1) is 0 Å². The van der Waals surface area contributed by atoms with Crippen molar-refractivity contribution in [3.05, 3.63) is 71.3 Å². The van der Waals surface area contributed by atoms with Crippen molar-refractivity contribution in [2.75, 3.05) is 13.6 Å². The van der Waals surface area contributed by atoms with E-state index in [1.165, 1.54) is 22.6 Å². The fourth-order valence-electron chi connectivity index (χ4n) is 2.87. The molecule has 2 aromatic rings. The van der Waals surface area contributed by atoms with E-state index in [2.05, 4.69) is 17.4 Å². The van der Waals surface area contributed by atoms with Crippen molar-refractivity contribution in [3.63, 3.8) is 0 Å². The Morgan fingerprint density at radius 1 is 1.17 bits per heavy atom. The van der Waals surface area contributed by atoms with Crippen molar-refractivity contribution < 1.29 is 13.6 Å². The zero-order chi connectivity index (χ0) is 17.2. The topological polar surface area (TPSA) is 32.3 Å². The molecule has 0 spiro atoms. The number of halogens is 2. The molecule has 1 fully saturated rings. The molecule has 0 aromatic heterocycles. The van der Waals surface area contributed by atoms with Crippen LogP contribution in [0, 0.1) is 11.6 Å². The molecule has 1 aliphatic rings. The van der Waals surface area contributed by atoms with E-state index in [1.54, 1.807) is 7.05 Å². The minimum Gasteiger partial charge on any atom is -0.337 e. The number of carbonyl (C=O) groups is 1. The summed E-state index contributed by atoms with van der Waals surface area (Å²) in [6.45, 7) is 0.655. The summed E-state index contributed by atoms with van der Waals surface area (Å²) >= 11 is 0. The summed E-state index contributed by atoms with van der Waals surface area (Å²) in [4.78, 5) is 13.6. The molecular weight excluding hydrogens is 310 g/mol. The molecule has 0 radical (unpaired) electrons. The minimum atomic E-state index is -0.641. The number of amides is 2. The smallest absolute Gasteiger partial charge is 0.317 e. The summed E-state index contributed by atoms with van der Waals surface area (Å²) < 4.78 is 26.6. The summed E-state index contributed by atoms with van der Waals surface area (Å²) in [5, 5.41) is 2.93. The first-order valence-corrected chi connectivity index (χ1v) is 7.99. The highest BCUT2D eigenvalue weighted by Gasteiger charge is 2.44. The highest BCUT2D eigenvalue weighted by Crippen LogP contribution is 2.47. The second-order valence-corrected chi connectivity index (χ2v) is 6.40. The van der Waals surface area contributed by atoms with E-state index in [1.807, 2.05) is 18.2 Å². The molecule has 0 bridgehead atoms. The zero-order valence-electron chi connectivity index (χ0n) is 13.6. The number of carbonyl (C=O) groups excluding carboxylic acids is 1. The molecule has 2 aromatic carbocycles. The van der Waals surface area contributed by atoms with Gasteiger partial charge in [0.15, 0.2) is 0 Å². The molecular formula is C19H20F2N2O. The number of nitrogens with one attached hydrogen (secondary N) is 1. The molecule has 1 N–H and O–H groups in total. The molecule has 2 amide bonds. The lowest BCUT2D eigenvalue weighted by Gasteiger charge is -2.22. The van der Waals surface area contributed by atoms with E-state index < -0.39 is 11.6 Å². The van der Waals surface area contributed by atoms with Crippen LogP contribution in [0.5, 0.6) is 0 Å². The number of rotatable bonds is 5. The van der Waals surface area contributed by atoms with E-state index in [9.17, 15) is 13.6 Å². The van der Waals surface area contributed by atoms with Crippen LogP contribution in [-0.2, 0) is 12.0 Å². The van der Waals surface area contributed by atoms with E-state index in [0.717, 1.165) is 18.9 Å². The average molecular weight is 330 g/mol. The number of nitrogens with zero attached hydrogens (tertiary/aromatic N) is 1. The van der Waals surface area contributed by atoms with Crippen molar-refractivity contribution in [1.29, 1.82) is 0 Å². The third-order valence-electron chi connectivity index (χ3n) is 4.59. The molecule has 0 unspecified atom stereocenters. The van der Waals surface area contributed by atoms with Gasteiger partial charge in [-0.1, -0.05) is 36.4 Å². The fraction of sp³-hybridized carbons (Fsp3) is 0.316. The van der Waals surface area contributed by atoms with Crippen molar-refractivity contribution in [2.45, 2.75) is 24.8 Å². The van der Waals surface area contributed by atoms with Crippen LogP contribution in [0.2, 0.25) is 0 Å². The Morgan fingerprint density at radius 3 is 2.50 bits per heavy atom. The van der Waals surface area contributed by atoms with Gasteiger partial charge < -0.3 is 10.2 Å². The van der Waals surface area contributed by atoms with Crippen LogP contribution in [0.3, 0.4) is 0 Å². The van der Waals surface area contributed by atoms with Crippen LogP contribution in [0.1, 0.15) is 24.0 Å². The molecule has 126 valence electrons. The number of hydrogen-bond acceptors (Lipinski definition) is 1. The largest absolute Gasteiger partial charge is 0.337 e. The normalized spacial score (nSPS) is 15.0. The Bertz CT molecular complexity index is 729. The van der Waals surface area contributed by atoms with Gasteiger partial charge in [0.1, 0.15) is 11.6 Å². The molecule has 1 saturated carbocycles. The quantitative estimate of drug-likeness (QED) is 0.888. The Morgan fingerprint density at radius 2 is 1.88 bits per heavy atom. The van der Waals surface area contributed by atoms with Gasteiger partial charge in [0.25, 0.3) is 0 Å². The Hall–Kier alpha value is -2.43. The number of urea groups is 1. The lowest BCUT2D eigenvalue weighted by Crippen LogP contribution is -2.40. The molecule has 0 atom stereocenters. The average Bonchev–Trinajstić information content (AvgIpc) is 3.37. The van der Waals surface area contributed by atoms with E-state index in [4.69, 9.17) is 0 Å². The maximum absolute atomic E-state index is 13.7. The summed E-state index contributed by atoms with van der Waals surface area (Å²) in [6.07, 6.45) is 2.10. The highest BCUT2D eigenvalue weighted by atomic mass is 19.1. The van der Waals surface area contributed by atoms with Gasteiger partial charge in [-0.2, -0.15) is 0 Å². The lowest BCUT2D eigenvalue weighted by molar-refractivity contribution is 0.205. The van der Waals surface area contributed by atoms with Crippen LogP contribution >= 0.6 is 0 Å². The van der Waals surface area contributed by atoms with Crippen molar-refractivity contribution in [2.24, 2.45) is 0 Å². The van der Waals surface area contributed by atoms with Crippen LogP contribution in [-0.4, -0.2) is 24.5 Å². The third-order valence-corrected chi connectivity index (χ3v) is 4.59. The van der Waals surface area contributed by atoms with E-state index >= 15 is 0 Å². The van der Waals surface area contributed by atoms with Crippen LogP contribution in [0.15, 0.2) is 48.5 Å². The predicted molar refractivity (Wildman–Crippen MR) is 88.6 cm³/mol. The molecule has 3 nitrogen and oxygen atoms in total. The van der Waals surface area contributed by atoms with Gasteiger partial charge in [0, 0.05) is 37.2 Å². The van der Waals surface area contributed by atoms with Gasteiger partial charge in [-0.05, 0) is 24.5 Å². The molecule has 0 aliphatic heterocycles. The first-order chi connectivity index (χ1) is 11.5. The molecule has 5 heteroatoms. The monoisotopic (exact) mass is 330 g/mol. The number of benzene rings is 2. The first-order valence-electron chi connectivity index (χ1n) is 7.99. The molecule has 24 heavy (non-hydrogen) atoms. The summed E-state index contributed by atoms with van der Waals surface area (Å²) in [7, 11) is 1.60. The third kappa shape index (κ3) is 3.55. The Kier molecular flexibility index (Phi) is 4.51. The van der Waals surface area contributed by atoms with Gasteiger partial charge in [-0.3, -0.25) is 0 Å². The van der Waals surface area contributed by atoms with Gasteiger partial charge in [-0.25, -0.2) is 13.6 Å². The van der Waals surface area contributed by atoms with Gasteiger partial charge in [0.05, 0.1) is 0 Å². The van der Waals surface area contributed by atoms with Gasteiger partial charge in [0.2, 0.25) is 0 Å². The summed E-state index contributed by atoms with van der Waals surface area (Å²) in [6, 6.07) is 13.3. The van der Waals surface area contributed by atoms with Gasteiger partial charge >= 0.3 is 6.03 Å². The maximum atomic E-state index is 13.7. The van der Waals surface area contributed by atoms with Crippen molar-refractivity contribution in [3.8, 4) is 0 Å². The molecule has 0 saturated heterocycles. The number of hydrogen-bond donors (Lipinski definition) is 1. The summed E-state index contributed by atoms with van der Waals surface area (Å²) in [5.74, 6) is -1.26. The van der Waals surface area contributed by atoms with Crippen LogP contribution in [0.25, 0.3) is 0 Å². The second kappa shape index (κ2) is 6.59. The van der Waals surface area contributed by atoms with E-state index in [-0.39, 0.29) is 18.0 Å². The SMILES string of the molecule is CN(Cc1ccc(F)cc1F)C(=O)NCC1(c2ccccc2)CC1. The van der Waals surface area contributed by atoms with Crippen LogP contribution < -0.4 is 5.32 Å². The summed E-state index contributed by atoms with van der Waals surface area (Å²) in [5.41, 5.74) is 1.55. The maximum Gasteiger partial charge on any atom is 0.317 e. The van der Waals surface area contributed by atoms with Crippen molar-refractivity contribution in [1.82, 2.24) is 10.2 Å². The Balaban J connectivity index is 1.57. The lowest BCUT2D eigenvalue weighted by atomic mass is 9.96. The second-order valence-electron chi connectivity index (χ2n) is 6.40. The predicted octanol–water partition coefficient (Wildman–Crippen LogP) is 3.84. The molecule has 0 heterocycles. The van der Waals surface area contributed by atoms with Crippen molar-refractivity contribution >= 4 is 6.03 Å². The highest BCUT2D eigenvalue weighted by molar-refractivity contribution is 5.74. The minimum absolute atomic E-state index is 0.0267. The fourth-order valence-corrected chi connectivity index (χ4v) is 2.87. The zero-order valence-corrected chi connectivity index (χ0v) is 13.6. The van der Waals surface area contributed by atoms with Crippen LogP contribution in [0.4, 0.5) is 13.6 Å². The first kappa shape index (κ1) is 16.4. The van der Waals surface area contributed by atoms with E-state index in [0.29, 0.717) is 12.1 Å². The standard InChI is InChI=1S/C19H20F2N2O/c1-23(12-14-7-8-16(20)11-17(14)21)18(24)22-13-19(9-10-19)15-5-3-2-4-6-15/h2-8,11H,9-10,12-13H2,1H3,(H,22,24). The molecule has 1 aliphatic carbocycles. The Labute approximate surface area is 140 Å². The molecule has 3 rings (SSSR count).